The van der Waals surface area contributed by atoms with Crippen molar-refractivity contribution in [1.29, 1.82) is 0 Å². The zero-order valence-corrected chi connectivity index (χ0v) is 14.4. The molecule has 0 radical (unpaired) electrons. The fourth-order valence-corrected chi connectivity index (χ4v) is 2.39. The van der Waals surface area contributed by atoms with E-state index in [1.165, 1.54) is 0 Å². The molecule has 8 heteroatoms. The molecule has 6 nitrogen and oxygen atoms in total. The molecule has 0 saturated carbocycles. The molecule has 1 amide bonds. The fraction of sp³-hybridized carbons (Fsp3) is 0.643. The van der Waals surface area contributed by atoms with E-state index in [2.05, 4.69) is 20.2 Å². The minimum atomic E-state index is 0. The van der Waals surface area contributed by atoms with Gasteiger partial charge in [-0.2, -0.15) is 0 Å². The van der Waals surface area contributed by atoms with Crippen molar-refractivity contribution in [2.24, 2.45) is 5.73 Å². The Balaban J connectivity index is 0.00000220. The molecule has 2 rings (SSSR count). The highest BCUT2D eigenvalue weighted by atomic mass is 35.5. The van der Waals surface area contributed by atoms with Gasteiger partial charge in [0.25, 0.3) is 0 Å². The lowest BCUT2D eigenvalue weighted by atomic mass is 10.1. The van der Waals surface area contributed by atoms with Crippen molar-refractivity contribution in [2.75, 3.05) is 18.0 Å². The van der Waals surface area contributed by atoms with Crippen LogP contribution in [0, 0.1) is 0 Å². The molecule has 22 heavy (non-hydrogen) atoms. The van der Waals surface area contributed by atoms with Gasteiger partial charge in [-0.05, 0) is 32.3 Å². The average Bonchev–Trinajstić information content (AvgIpc) is 2.46. The molecule has 1 aromatic rings. The van der Waals surface area contributed by atoms with Gasteiger partial charge >= 0.3 is 0 Å². The van der Waals surface area contributed by atoms with Gasteiger partial charge in [0.2, 0.25) is 11.9 Å². The number of carbonyl (C=O) groups excluding carboxylic acids is 1. The molecule has 1 fully saturated rings. The van der Waals surface area contributed by atoms with Crippen molar-refractivity contribution in [3.8, 4) is 0 Å². The first-order chi connectivity index (χ1) is 9.65. The van der Waals surface area contributed by atoms with Gasteiger partial charge in [0.15, 0.2) is 0 Å². The second-order valence-electron chi connectivity index (χ2n) is 5.42. The number of rotatable bonds is 5. The number of aromatic nitrogens is 2. The lowest BCUT2D eigenvalue weighted by Crippen LogP contribution is -2.48. The summed E-state index contributed by atoms with van der Waals surface area (Å²) in [7, 11) is 0. The Morgan fingerprint density at radius 2 is 2.14 bits per heavy atom. The molecule has 2 unspecified atom stereocenters. The highest BCUT2D eigenvalue weighted by Gasteiger charge is 2.22. The average molecular weight is 350 g/mol. The van der Waals surface area contributed by atoms with E-state index in [1.807, 2.05) is 6.92 Å². The summed E-state index contributed by atoms with van der Waals surface area (Å²) >= 11 is 0. The molecule has 2 atom stereocenters. The van der Waals surface area contributed by atoms with Crippen LogP contribution in [0.25, 0.3) is 0 Å². The van der Waals surface area contributed by atoms with Crippen LogP contribution < -0.4 is 16.0 Å². The Morgan fingerprint density at radius 1 is 1.45 bits per heavy atom. The normalized spacial score (nSPS) is 18.6. The van der Waals surface area contributed by atoms with Crippen LogP contribution >= 0.6 is 24.8 Å². The van der Waals surface area contributed by atoms with Gasteiger partial charge < -0.3 is 16.0 Å². The van der Waals surface area contributed by atoms with Gasteiger partial charge in [0.1, 0.15) is 0 Å². The summed E-state index contributed by atoms with van der Waals surface area (Å²) in [5, 5.41) is 3.08. The largest absolute Gasteiger partial charge is 0.352 e. The minimum Gasteiger partial charge on any atom is -0.352 e. The summed E-state index contributed by atoms with van der Waals surface area (Å²) < 4.78 is 0. The molecular formula is C14H25Cl2N5O. The van der Waals surface area contributed by atoms with Crippen molar-refractivity contribution in [1.82, 2.24) is 15.3 Å². The van der Waals surface area contributed by atoms with Crippen molar-refractivity contribution in [3.63, 3.8) is 0 Å². The van der Waals surface area contributed by atoms with Gasteiger partial charge in [0.05, 0.1) is 0 Å². The maximum Gasteiger partial charge on any atom is 0.225 e. The van der Waals surface area contributed by atoms with E-state index in [0.717, 1.165) is 38.3 Å². The molecule has 2 heterocycles. The van der Waals surface area contributed by atoms with Crippen molar-refractivity contribution in [2.45, 2.75) is 44.7 Å². The van der Waals surface area contributed by atoms with Crippen molar-refractivity contribution < 1.29 is 4.79 Å². The van der Waals surface area contributed by atoms with Gasteiger partial charge in [-0.25, -0.2) is 9.97 Å². The van der Waals surface area contributed by atoms with Crippen molar-refractivity contribution >= 4 is 36.7 Å². The molecule has 0 aliphatic carbocycles. The van der Waals surface area contributed by atoms with Gasteiger partial charge in [-0.1, -0.05) is 0 Å². The fourth-order valence-electron chi connectivity index (χ4n) is 2.39. The van der Waals surface area contributed by atoms with Crippen LogP contribution in [-0.2, 0) is 4.79 Å². The third-order valence-electron chi connectivity index (χ3n) is 3.45. The molecule has 1 saturated heterocycles. The molecule has 1 aromatic heterocycles. The smallest absolute Gasteiger partial charge is 0.225 e. The number of anilines is 1. The number of hydrogen-bond acceptors (Lipinski definition) is 5. The van der Waals surface area contributed by atoms with E-state index in [4.69, 9.17) is 5.73 Å². The Morgan fingerprint density at radius 3 is 2.77 bits per heavy atom. The van der Waals surface area contributed by atoms with Crippen LogP contribution in [0.1, 0.15) is 32.6 Å². The Hall–Kier alpha value is -1.11. The number of piperidine rings is 1. The van der Waals surface area contributed by atoms with Gasteiger partial charge in [-0.3, -0.25) is 4.79 Å². The summed E-state index contributed by atoms with van der Waals surface area (Å²) in [6, 6.07) is 2.05. The minimum absolute atomic E-state index is 0. The predicted octanol–water partition coefficient (Wildman–Crippen LogP) is 1.53. The second-order valence-corrected chi connectivity index (χ2v) is 5.42. The molecule has 1 aliphatic rings. The van der Waals surface area contributed by atoms with E-state index in [9.17, 15) is 4.79 Å². The quantitative estimate of drug-likeness (QED) is 0.841. The Bertz CT molecular complexity index is 433. The predicted molar refractivity (Wildman–Crippen MR) is 92.8 cm³/mol. The Labute approximate surface area is 144 Å². The van der Waals surface area contributed by atoms with Crippen molar-refractivity contribution in [3.05, 3.63) is 18.5 Å². The van der Waals surface area contributed by atoms with Crippen LogP contribution in [-0.4, -0.2) is 41.0 Å². The number of halogens is 2. The monoisotopic (exact) mass is 349 g/mol. The van der Waals surface area contributed by atoms with E-state index in [0.29, 0.717) is 6.42 Å². The van der Waals surface area contributed by atoms with Crippen LogP contribution in [0.2, 0.25) is 0 Å². The number of nitrogens with zero attached hydrogens (tertiary/aromatic N) is 3. The molecule has 0 bridgehead atoms. The first-order valence-electron chi connectivity index (χ1n) is 7.22. The molecule has 3 N–H and O–H groups in total. The molecule has 0 spiro atoms. The first kappa shape index (κ1) is 20.9. The van der Waals surface area contributed by atoms with Crippen LogP contribution in [0.4, 0.5) is 5.95 Å². The highest BCUT2D eigenvalue weighted by molar-refractivity contribution is 5.85. The maximum atomic E-state index is 11.8. The topological polar surface area (TPSA) is 84.1 Å². The van der Waals surface area contributed by atoms with Crippen LogP contribution in [0.5, 0.6) is 0 Å². The van der Waals surface area contributed by atoms with Gasteiger partial charge in [-0.15, -0.1) is 24.8 Å². The number of amides is 1. The third kappa shape index (κ3) is 6.77. The zero-order chi connectivity index (χ0) is 14.4. The highest BCUT2D eigenvalue weighted by Crippen LogP contribution is 2.15. The summed E-state index contributed by atoms with van der Waals surface area (Å²) in [6.45, 7) is 3.63. The van der Waals surface area contributed by atoms with E-state index >= 15 is 0 Å². The molecule has 126 valence electrons. The SMILES string of the molecule is CC(N)CCC(=O)NC1CCCN(c2ncccn2)C1.Cl.Cl. The summed E-state index contributed by atoms with van der Waals surface area (Å²) in [6.07, 6.45) is 6.75. The number of carbonyl (C=O) groups is 1. The van der Waals surface area contributed by atoms with Gasteiger partial charge in [0, 0.05) is 44.0 Å². The summed E-state index contributed by atoms with van der Waals surface area (Å²) in [4.78, 5) is 22.5. The van der Waals surface area contributed by atoms with E-state index in [1.54, 1.807) is 18.5 Å². The number of nitrogens with two attached hydrogens (primary N) is 1. The maximum absolute atomic E-state index is 11.8. The summed E-state index contributed by atoms with van der Waals surface area (Å²) in [5.41, 5.74) is 5.67. The lowest BCUT2D eigenvalue weighted by Gasteiger charge is -2.33. The number of hydrogen-bond donors (Lipinski definition) is 2. The first-order valence-corrected chi connectivity index (χ1v) is 7.22. The molecule has 0 aromatic carbocycles. The third-order valence-corrected chi connectivity index (χ3v) is 3.45. The molecular weight excluding hydrogens is 325 g/mol. The molecule has 1 aliphatic heterocycles. The van der Waals surface area contributed by atoms with Crippen LogP contribution in [0.3, 0.4) is 0 Å². The lowest BCUT2D eigenvalue weighted by molar-refractivity contribution is -0.122. The summed E-state index contributed by atoms with van der Waals surface area (Å²) in [5.74, 6) is 0.824. The van der Waals surface area contributed by atoms with E-state index in [-0.39, 0.29) is 42.8 Å². The van der Waals surface area contributed by atoms with E-state index < -0.39 is 0 Å². The zero-order valence-electron chi connectivity index (χ0n) is 12.8. The second kappa shape index (κ2) is 10.6. The van der Waals surface area contributed by atoms with Crippen LogP contribution in [0.15, 0.2) is 18.5 Å². The Kier molecular flexibility index (Phi) is 10.1. The number of nitrogens with one attached hydrogen (secondary N) is 1. The standard InChI is InChI=1S/C14H23N5O.2ClH/c1-11(15)5-6-13(20)18-12-4-2-9-19(10-12)14-16-7-3-8-17-14;;/h3,7-8,11-12H,2,4-6,9-10,15H2,1H3,(H,18,20);2*1H.